The number of aromatic nitrogens is 1. The third kappa shape index (κ3) is 2.00. The minimum atomic E-state index is -0.187. The van der Waals surface area contributed by atoms with E-state index in [0.29, 0.717) is 0 Å². The minimum absolute atomic E-state index is 0.187. The van der Waals surface area contributed by atoms with Crippen molar-refractivity contribution < 1.29 is 4.39 Å². The summed E-state index contributed by atoms with van der Waals surface area (Å²) in [6, 6.07) is 4.99. The van der Waals surface area contributed by atoms with Gasteiger partial charge in [0.2, 0.25) is 0 Å². The molecule has 18 heavy (non-hydrogen) atoms. The zero-order valence-electron chi connectivity index (χ0n) is 10.1. The van der Waals surface area contributed by atoms with E-state index in [0.717, 1.165) is 30.3 Å². The minimum Gasteiger partial charge on any atom is -0.317 e. The van der Waals surface area contributed by atoms with Crippen LogP contribution in [0.2, 0.25) is 0 Å². The molecule has 0 saturated carbocycles. The fourth-order valence-corrected chi connectivity index (χ4v) is 3.19. The number of rotatable bonds is 3. The van der Waals surface area contributed by atoms with Crippen molar-refractivity contribution in [3.05, 3.63) is 40.7 Å². The summed E-state index contributed by atoms with van der Waals surface area (Å²) < 4.78 is 13.3. The lowest BCUT2D eigenvalue weighted by Gasteiger charge is -2.15. The molecular formula is C13H14FN3S. The Morgan fingerprint density at radius 2 is 2.39 bits per heavy atom. The predicted molar refractivity (Wildman–Crippen MR) is 72.0 cm³/mol. The van der Waals surface area contributed by atoms with E-state index in [1.54, 1.807) is 17.4 Å². The van der Waals surface area contributed by atoms with Gasteiger partial charge in [-0.1, -0.05) is 6.07 Å². The largest absolute Gasteiger partial charge is 0.317 e. The van der Waals surface area contributed by atoms with Crippen LogP contribution in [0.1, 0.15) is 10.4 Å². The van der Waals surface area contributed by atoms with Gasteiger partial charge >= 0.3 is 0 Å². The highest BCUT2D eigenvalue weighted by atomic mass is 32.1. The zero-order valence-corrected chi connectivity index (χ0v) is 10.9. The number of fused-ring (bicyclic) bond motifs is 1. The molecule has 2 aromatic rings. The molecular weight excluding hydrogens is 249 g/mol. The van der Waals surface area contributed by atoms with E-state index < -0.39 is 0 Å². The molecule has 3 nitrogen and oxygen atoms in total. The Labute approximate surface area is 109 Å². The Bertz CT molecular complexity index is 567. The van der Waals surface area contributed by atoms with E-state index in [1.165, 1.54) is 16.5 Å². The average Bonchev–Trinajstić information content (AvgIpc) is 2.95. The molecule has 0 unspecified atom stereocenters. The van der Waals surface area contributed by atoms with Crippen LogP contribution in [-0.2, 0) is 13.0 Å². The van der Waals surface area contributed by atoms with Crippen LogP contribution in [-0.4, -0.2) is 18.6 Å². The second-order valence-corrected chi connectivity index (χ2v) is 5.41. The van der Waals surface area contributed by atoms with Crippen LogP contribution < -0.4 is 10.2 Å². The molecule has 0 bridgehead atoms. The number of hydrogen-bond donors (Lipinski definition) is 1. The second kappa shape index (κ2) is 4.66. The zero-order chi connectivity index (χ0) is 12.5. The molecule has 1 aliphatic heterocycles. The first kappa shape index (κ1) is 11.6. The van der Waals surface area contributed by atoms with Gasteiger partial charge in [-0.25, -0.2) is 9.37 Å². The van der Waals surface area contributed by atoms with Crippen molar-refractivity contribution in [3.8, 4) is 0 Å². The first-order chi connectivity index (χ1) is 8.78. The number of nitrogens with zero attached hydrogens (tertiary/aromatic N) is 2. The number of halogens is 1. The molecule has 0 saturated heterocycles. The van der Waals surface area contributed by atoms with E-state index in [-0.39, 0.29) is 5.82 Å². The molecule has 1 N–H and O–H groups in total. The van der Waals surface area contributed by atoms with Crippen LogP contribution >= 0.6 is 11.3 Å². The smallest absolute Gasteiger partial charge is 0.190 e. The molecule has 0 amide bonds. The molecule has 94 valence electrons. The molecule has 0 radical (unpaired) electrons. The first-order valence-corrected chi connectivity index (χ1v) is 6.75. The van der Waals surface area contributed by atoms with E-state index >= 15 is 0 Å². The maximum absolute atomic E-state index is 13.3. The Hall–Kier alpha value is -1.46. The molecule has 0 atom stereocenters. The van der Waals surface area contributed by atoms with Crippen LogP contribution in [0.3, 0.4) is 0 Å². The van der Waals surface area contributed by atoms with E-state index in [2.05, 4.69) is 15.2 Å². The van der Waals surface area contributed by atoms with Gasteiger partial charge in [-0.3, -0.25) is 0 Å². The molecule has 0 aliphatic carbocycles. The van der Waals surface area contributed by atoms with Gasteiger partial charge in [0.1, 0.15) is 5.82 Å². The van der Waals surface area contributed by atoms with Crippen molar-refractivity contribution in [2.75, 3.05) is 18.5 Å². The molecule has 1 aromatic carbocycles. The van der Waals surface area contributed by atoms with Crippen LogP contribution in [0.4, 0.5) is 15.2 Å². The summed E-state index contributed by atoms with van der Waals surface area (Å²) in [6.07, 6.45) is 2.84. The fraction of sp³-hybridized carbons (Fsp3) is 0.308. The lowest BCUT2D eigenvalue weighted by Crippen LogP contribution is -2.12. The highest BCUT2D eigenvalue weighted by Gasteiger charge is 2.23. The van der Waals surface area contributed by atoms with E-state index in [1.807, 2.05) is 19.3 Å². The predicted octanol–water partition coefficient (Wildman–Crippen LogP) is 2.70. The average molecular weight is 263 g/mol. The first-order valence-electron chi connectivity index (χ1n) is 5.93. The Morgan fingerprint density at radius 1 is 1.50 bits per heavy atom. The SMILES string of the molecule is CNCc1cnc(N2CCc3ccc(F)cc32)s1. The van der Waals surface area contributed by atoms with Crippen molar-refractivity contribution >= 4 is 22.2 Å². The molecule has 3 rings (SSSR count). The number of benzene rings is 1. The summed E-state index contributed by atoms with van der Waals surface area (Å²) in [5.41, 5.74) is 2.15. The van der Waals surface area contributed by atoms with Crippen molar-refractivity contribution in [1.29, 1.82) is 0 Å². The van der Waals surface area contributed by atoms with Gasteiger partial charge < -0.3 is 10.2 Å². The van der Waals surface area contributed by atoms with E-state index in [9.17, 15) is 4.39 Å². The van der Waals surface area contributed by atoms with Gasteiger partial charge in [0, 0.05) is 29.9 Å². The highest BCUT2D eigenvalue weighted by Crippen LogP contribution is 2.36. The fourth-order valence-electron chi connectivity index (χ4n) is 2.23. The Morgan fingerprint density at radius 3 is 3.22 bits per heavy atom. The van der Waals surface area contributed by atoms with Crippen LogP contribution in [0.25, 0.3) is 0 Å². The second-order valence-electron chi connectivity index (χ2n) is 4.31. The highest BCUT2D eigenvalue weighted by molar-refractivity contribution is 7.15. The van der Waals surface area contributed by atoms with Crippen LogP contribution in [0.15, 0.2) is 24.4 Å². The van der Waals surface area contributed by atoms with Gasteiger partial charge in [0.25, 0.3) is 0 Å². The van der Waals surface area contributed by atoms with E-state index in [4.69, 9.17) is 0 Å². The molecule has 5 heteroatoms. The summed E-state index contributed by atoms with van der Waals surface area (Å²) in [5, 5.41) is 4.06. The topological polar surface area (TPSA) is 28.2 Å². The van der Waals surface area contributed by atoms with Crippen molar-refractivity contribution in [2.45, 2.75) is 13.0 Å². The van der Waals surface area contributed by atoms with Gasteiger partial charge in [0.15, 0.2) is 5.13 Å². The summed E-state index contributed by atoms with van der Waals surface area (Å²) in [4.78, 5) is 7.72. The van der Waals surface area contributed by atoms with Crippen LogP contribution in [0, 0.1) is 5.82 Å². The molecule has 0 spiro atoms. The van der Waals surface area contributed by atoms with Gasteiger partial charge in [-0.05, 0) is 31.2 Å². The van der Waals surface area contributed by atoms with Crippen molar-refractivity contribution in [1.82, 2.24) is 10.3 Å². The standard InChI is InChI=1S/C13H14FN3S/c1-15-7-11-8-16-13(18-11)17-5-4-9-2-3-10(14)6-12(9)17/h2-3,6,8,15H,4-5,7H2,1H3. The van der Waals surface area contributed by atoms with Gasteiger partial charge in [-0.15, -0.1) is 11.3 Å². The molecule has 2 heterocycles. The Balaban J connectivity index is 1.92. The normalized spacial score (nSPS) is 14.0. The maximum atomic E-state index is 13.3. The summed E-state index contributed by atoms with van der Waals surface area (Å²) in [5.74, 6) is -0.187. The third-order valence-corrected chi connectivity index (χ3v) is 4.09. The third-order valence-electron chi connectivity index (χ3n) is 3.07. The van der Waals surface area contributed by atoms with Crippen LogP contribution in [0.5, 0.6) is 0 Å². The lowest BCUT2D eigenvalue weighted by atomic mass is 10.2. The number of hydrogen-bond acceptors (Lipinski definition) is 4. The maximum Gasteiger partial charge on any atom is 0.190 e. The summed E-state index contributed by atoms with van der Waals surface area (Å²) in [7, 11) is 1.92. The van der Waals surface area contributed by atoms with Gasteiger partial charge in [0.05, 0.1) is 0 Å². The monoisotopic (exact) mass is 263 g/mol. The molecule has 0 fully saturated rings. The molecule has 1 aliphatic rings. The number of thiazole rings is 1. The summed E-state index contributed by atoms with van der Waals surface area (Å²) >= 11 is 1.65. The summed E-state index contributed by atoms with van der Waals surface area (Å²) in [6.45, 7) is 1.70. The van der Waals surface area contributed by atoms with Crippen molar-refractivity contribution in [2.24, 2.45) is 0 Å². The lowest BCUT2D eigenvalue weighted by molar-refractivity contribution is 0.628. The quantitative estimate of drug-likeness (QED) is 0.923. The molecule has 1 aromatic heterocycles. The van der Waals surface area contributed by atoms with Crippen molar-refractivity contribution in [3.63, 3.8) is 0 Å². The number of anilines is 2. The number of nitrogens with one attached hydrogen (secondary N) is 1. The Kier molecular flexibility index (Phi) is 3.01. The van der Waals surface area contributed by atoms with Gasteiger partial charge in [-0.2, -0.15) is 0 Å².